The maximum Gasteiger partial charge on any atom is 0.195 e. The van der Waals surface area contributed by atoms with Gasteiger partial charge in [-0.3, -0.25) is 4.79 Å². The van der Waals surface area contributed by atoms with E-state index in [2.05, 4.69) is 31.0 Å². The van der Waals surface area contributed by atoms with E-state index in [0.717, 1.165) is 15.8 Å². The predicted molar refractivity (Wildman–Crippen MR) is 88.2 cm³/mol. The Morgan fingerprint density at radius 1 is 1.10 bits per heavy atom. The van der Waals surface area contributed by atoms with Gasteiger partial charge in [-0.25, -0.2) is 4.98 Å². The number of carbonyl (C=O) groups excluding carboxylic acids is 1. The molecule has 0 bridgehead atoms. The Balaban J connectivity index is 1.79. The highest BCUT2D eigenvalue weighted by Gasteiger charge is 2.12. The summed E-state index contributed by atoms with van der Waals surface area (Å²) < 4.78 is 1.07. The lowest BCUT2D eigenvalue weighted by atomic mass is 10.0. The number of para-hydroxylation sites is 1. The number of hydrogen-bond donors (Lipinski definition) is 0. The highest BCUT2D eigenvalue weighted by Crippen LogP contribution is 2.23. The van der Waals surface area contributed by atoms with Crippen molar-refractivity contribution < 1.29 is 4.79 Å². The fourth-order valence-electron chi connectivity index (χ4n) is 2.27. The van der Waals surface area contributed by atoms with Gasteiger partial charge in [0, 0.05) is 6.42 Å². The molecular formula is C18H17NOS. The van der Waals surface area contributed by atoms with Crippen LogP contribution in [0, 0.1) is 0 Å². The number of fused-ring (bicyclic) bond motifs is 1. The van der Waals surface area contributed by atoms with Crippen molar-refractivity contribution in [2.24, 2.45) is 0 Å². The zero-order valence-electron chi connectivity index (χ0n) is 12.2. The molecule has 0 aliphatic carbocycles. The second-order valence-electron chi connectivity index (χ2n) is 5.48. The quantitative estimate of drug-likeness (QED) is 0.644. The van der Waals surface area contributed by atoms with Gasteiger partial charge in [0.2, 0.25) is 0 Å². The lowest BCUT2D eigenvalue weighted by Gasteiger charge is -2.06. The van der Waals surface area contributed by atoms with E-state index in [1.54, 1.807) is 0 Å². The molecule has 0 saturated carbocycles. The summed E-state index contributed by atoms with van der Waals surface area (Å²) in [7, 11) is 0. The van der Waals surface area contributed by atoms with Crippen molar-refractivity contribution in [3.63, 3.8) is 0 Å². The van der Waals surface area contributed by atoms with Crippen molar-refractivity contribution in [2.75, 3.05) is 0 Å². The Hall–Kier alpha value is -2.00. The molecule has 1 heterocycles. The SMILES string of the molecule is CC(C)c1ccc(CC(=O)c2nc3ccccc3s2)cc1. The molecule has 21 heavy (non-hydrogen) atoms. The Morgan fingerprint density at radius 2 is 1.81 bits per heavy atom. The number of ketones is 1. The minimum Gasteiger partial charge on any atom is -0.291 e. The first kappa shape index (κ1) is 14.0. The highest BCUT2D eigenvalue weighted by molar-refractivity contribution is 7.20. The van der Waals surface area contributed by atoms with Crippen LogP contribution in [-0.2, 0) is 6.42 Å². The van der Waals surface area contributed by atoms with E-state index in [4.69, 9.17) is 0 Å². The van der Waals surface area contributed by atoms with Crippen molar-refractivity contribution in [3.8, 4) is 0 Å². The molecule has 3 aromatic rings. The van der Waals surface area contributed by atoms with E-state index in [0.29, 0.717) is 17.3 Å². The molecule has 0 amide bonds. The summed E-state index contributed by atoms with van der Waals surface area (Å²) in [6.07, 6.45) is 0.415. The number of carbonyl (C=O) groups is 1. The molecule has 106 valence electrons. The van der Waals surface area contributed by atoms with Gasteiger partial charge in [0.15, 0.2) is 10.8 Å². The van der Waals surface area contributed by atoms with E-state index in [9.17, 15) is 4.79 Å². The summed E-state index contributed by atoms with van der Waals surface area (Å²) >= 11 is 1.47. The van der Waals surface area contributed by atoms with Crippen LogP contribution in [0.5, 0.6) is 0 Å². The number of nitrogens with zero attached hydrogens (tertiary/aromatic N) is 1. The average Bonchev–Trinajstić information content (AvgIpc) is 2.92. The number of Topliss-reactive ketones (excluding diaryl/α,β-unsaturated/α-hetero) is 1. The van der Waals surface area contributed by atoms with E-state index in [1.807, 2.05) is 36.4 Å². The van der Waals surface area contributed by atoms with Crippen LogP contribution < -0.4 is 0 Å². The third kappa shape index (κ3) is 3.03. The monoisotopic (exact) mass is 295 g/mol. The maximum atomic E-state index is 12.4. The molecule has 0 spiro atoms. The molecule has 0 atom stereocenters. The van der Waals surface area contributed by atoms with Gasteiger partial charge in [0.1, 0.15) is 0 Å². The molecular weight excluding hydrogens is 278 g/mol. The molecule has 0 aliphatic heterocycles. The molecule has 0 saturated heterocycles. The van der Waals surface area contributed by atoms with Crippen LogP contribution in [0.25, 0.3) is 10.2 Å². The standard InChI is InChI=1S/C18H17NOS/c1-12(2)14-9-7-13(8-10-14)11-16(20)18-19-15-5-3-4-6-17(15)21-18/h3-10,12H,11H2,1-2H3. The highest BCUT2D eigenvalue weighted by atomic mass is 32.1. The van der Waals surface area contributed by atoms with Crippen LogP contribution >= 0.6 is 11.3 Å². The summed E-state index contributed by atoms with van der Waals surface area (Å²) in [6, 6.07) is 16.2. The van der Waals surface area contributed by atoms with Crippen LogP contribution in [0.1, 0.15) is 40.7 Å². The number of thiazole rings is 1. The molecule has 3 heteroatoms. The Kier molecular flexibility index (Phi) is 3.84. The van der Waals surface area contributed by atoms with Crippen molar-refractivity contribution in [2.45, 2.75) is 26.2 Å². The predicted octanol–water partition coefficient (Wildman–Crippen LogP) is 4.85. The smallest absolute Gasteiger partial charge is 0.195 e. The lowest BCUT2D eigenvalue weighted by molar-refractivity contribution is 0.0993. The molecule has 1 aromatic heterocycles. The van der Waals surface area contributed by atoms with Crippen molar-refractivity contribution >= 4 is 27.3 Å². The number of benzene rings is 2. The second-order valence-corrected chi connectivity index (χ2v) is 6.51. The summed E-state index contributed by atoms with van der Waals surface area (Å²) in [5.74, 6) is 0.604. The maximum absolute atomic E-state index is 12.4. The number of aromatic nitrogens is 1. The molecule has 0 unspecified atom stereocenters. The van der Waals surface area contributed by atoms with Crippen LogP contribution in [0.15, 0.2) is 48.5 Å². The summed E-state index contributed by atoms with van der Waals surface area (Å²) in [6.45, 7) is 4.34. The van der Waals surface area contributed by atoms with Crippen LogP contribution in [0.4, 0.5) is 0 Å². The number of rotatable bonds is 4. The van der Waals surface area contributed by atoms with Gasteiger partial charge in [-0.05, 0) is 29.2 Å². The topological polar surface area (TPSA) is 30.0 Å². The van der Waals surface area contributed by atoms with Crippen molar-refractivity contribution in [1.82, 2.24) is 4.98 Å². The normalized spacial score (nSPS) is 11.2. The van der Waals surface area contributed by atoms with Gasteiger partial charge in [0.05, 0.1) is 10.2 Å². The summed E-state index contributed by atoms with van der Waals surface area (Å²) in [5.41, 5.74) is 3.25. The first-order valence-corrected chi connectivity index (χ1v) is 7.93. The fraction of sp³-hybridized carbons (Fsp3) is 0.222. The van der Waals surface area contributed by atoms with Gasteiger partial charge in [0.25, 0.3) is 0 Å². The van der Waals surface area contributed by atoms with Gasteiger partial charge in [-0.1, -0.05) is 50.2 Å². The van der Waals surface area contributed by atoms with Gasteiger partial charge in [-0.2, -0.15) is 0 Å². The molecule has 3 rings (SSSR count). The Bertz CT molecular complexity index is 738. The molecule has 0 aliphatic rings. The zero-order valence-corrected chi connectivity index (χ0v) is 13.0. The lowest BCUT2D eigenvalue weighted by Crippen LogP contribution is -2.03. The van der Waals surface area contributed by atoms with Gasteiger partial charge >= 0.3 is 0 Å². The molecule has 2 nitrogen and oxygen atoms in total. The minimum atomic E-state index is 0.0912. The van der Waals surface area contributed by atoms with Crippen molar-refractivity contribution in [1.29, 1.82) is 0 Å². The van der Waals surface area contributed by atoms with Crippen LogP contribution in [-0.4, -0.2) is 10.8 Å². The first-order chi connectivity index (χ1) is 10.1. The third-order valence-electron chi connectivity index (χ3n) is 3.54. The van der Waals surface area contributed by atoms with E-state index in [1.165, 1.54) is 16.9 Å². The van der Waals surface area contributed by atoms with Gasteiger partial charge in [-0.15, -0.1) is 11.3 Å². The Labute approximate surface area is 128 Å². The second kappa shape index (κ2) is 5.78. The van der Waals surface area contributed by atoms with E-state index < -0.39 is 0 Å². The Morgan fingerprint density at radius 3 is 2.48 bits per heavy atom. The fourth-order valence-corrected chi connectivity index (χ4v) is 3.18. The minimum absolute atomic E-state index is 0.0912. The number of hydrogen-bond acceptors (Lipinski definition) is 3. The largest absolute Gasteiger partial charge is 0.291 e. The zero-order chi connectivity index (χ0) is 14.8. The first-order valence-electron chi connectivity index (χ1n) is 7.11. The van der Waals surface area contributed by atoms with Crippen LogP contribution in [0.2, 0.25) is 0 Å². The summed E-state index contributed by atoms with van der Waals surface area (Å²) in [5, 5.41) is 0.601. The molecule has 0 N–H and O–H groups in total. The molecule has 0 radical (unpaired) electrons. The van der Waals surface area contributed by atoms with E-state index in [-0.39, 0.29) is 5.78 Å². The molecule has 0 fully saturated rings. The summed E-state index contributed by atoms with van der Waals surface area (Å²) in [4.78, 5) is 16.8. The average molecular weight is 295 g/mol. The van der Waals surface area contributed by atoms with E-state index >= 15 is 0 Å². The van der Waals surface area contributed by atoms with Crippen LogP contribution in [0.3, 0.4) is 0 Å². The third-order valence-corrected chi connectivity index (χ3v) is 4.62. The van der Waals surface area contributed by atoms with Gasteiger partial charge < -0.3 is 0 Å². The van der Waals surface area contributed by atoms with Crippen molar-refractivity contribution in [3.05, 3.63) is 64.7 Å². The molecule has 2 aromatic carbocycles.